The second-order valence-corrected chi connectivity index (χ2v) is 8.50. The van der Waals surface area contributed by atoms with Crippen LogP contribution in [0.3, 0.4) is 0 Å². The van der Waals surface area contributed by atoms with Gasteiger partial charge in [0.15, 0.2) is 5.16 Å². The van der Waals surface area contributed by atoms with E-state index < -0.39 is 0 Å². The summed E-state index contributed by atoms with van der Waals surface area (Å²) in [6.07, 6.45) is 2.55. The van der Waals surface area contributed by atoms with Gasteiger partial charge < -0.3 is 10.2 Å². The fourth-order valence-electron chi connectivity index (χ4n) is 2.69. The third kappa shape index (κ3) is 5.43. The van der Waals surface area contributed by atoms with Gasteiger partial charge in [-0.15, -0.1) is 10.2 Å². The van der Waals surface area contributed by atoms with Gasteiger partial charge in [0.1, 0.15) is 6.33 Å². The molecule has 0 saturated heterocycles. The minimum Gasteiger partial charge on any atom is -0.339 e. The van der Waals surface area contributed by atoms with Crippen molar-refractivity contribution in [3.63, 3.8) is 0 Å². The molecule has 30 heavy (non-hydrogen) atoms. The fraction of sp³-hybridized carbons (Fsp3) is 0.238. The van der Waals surface area contributed by atoms with Crippen LogP contribution in [0.2, 0.25) is 0 Å². The summed E-state index contributed by atoms with van der Waals surface area (Å²) in [5, 5.41) is 11.6. The van der Waals surface area contributed by atoms with Gasteiger partial charge in [-0.2, -0.15) is 0 Å². The van der Waals surface area contributed by atoms with E-state index in [1.807, 2.05) is 41.0 Å². The van der Waals surface area contributed by atoms with Gasteiger partial charge in [-0.1, -0.05) is 49.0 Å². The molecule has 9 heteroatoms. The highest BCUT2D eigenvalue weighted by atomic mass is 32.2. The molecule has 0 bridgehead atoms. The molecule has 3 aromatic rings. The summed E-state index contributed by atoms with van der Waals surface area (Å²) >= 11 is 2.39. The number of nitrogens with zero attached hydrogens (tertiary/aromatic N) is 4. The van der Waals surface area contributed by atoms with Crippen molar-refractivity contribution in [1.29, 1.82) is 0 Å². The van der Waals surface area contributed by atoms with Crippen LogP contribution < -0.4 is 5.32 Å². The topological polar surface area (TPSA) is 80.1 Å². The molecule has 0 unspecified atom stereocenters. The monoisotopic (exact) mass is 441 g/mol. The maximum absolute atomic E-state index is 12.6. The van der Waals surface area contributed by atoms with Crippen LogP contribution in [0, 0.1) is 0 Å². The average molecular weight is 442 g/mol. The molecular formula is C21H23N5O2S2. The number of carbonyl (C=O) groups excluding carboxylic acids is 2. The molecule has 1 heterocycles. The van der Waals surface area contributed by atoms with Crippen molar-refractivity contribution in [3.05, 3.63) is 60.4 Å². The Hall–Kier alpha value is -2.78. The van der Waals surface area contributed by atoms with Crippen LogP contribution in [0.25, 0.3) is 5.69 Å². The fourth-order valence-corrected chi connectivity index (χ4v) is 4.16. The Morgan fingerprint density at radius 3 is 2.60 bits per heavy atom. The van der Waals surface area contributed by atoms with E-state index in [1.165, 1.54) is 22.2 Å². The molecule has 0 aliphatic carbocycles. The van der Waals surface area contributed by atoms with Gasteiger partial charge in [0, 0.05) is 19.0 Å². The minimum absolute atomic E-state index is 0.103. The van der Waals surface area contributed by atoms with Crippen LogP contribution in [0.4, 0.5) is 10.5 Å². The highest BCUT2D eigenvalue weighted by molar-refractivity contribution is 8.13. The van der Waals surface area contributed by atoms with E-state index in [0.717, 1.165) is 23.9 Å². The third-order valence-corrected chi connectivity index (χ3v) is 6.26. The van der Waals surface area contributed by atoms with Crippen molar-refractivity contribution in [1.82, 2.24) is 19.7 Å². The van der Waals surface area contributed by atoms with Crippen LogP contribution in [0.5, 0.6) is 0 Å². The molecular weight excluding hydrogens is 418 g/mol. The first-order valence-electron chi connectivity index (χ1n) is 9.38. The number of aromatic nitrogens is 3. The molecule has 3 rings (SSSR count). The number of amides is 2. The lowest BCUT2D eigenvalue weighted by atomic mass is 10.1. The van der Waals surface area contributed by atoms with Gasteiger partial charge >= 0.3 is 0 Å². The molecule has 0 aliphatic heterocycles. The van der Waals surface area contributed by atoms with Crippen molar-refractivity contribution >= 4 is 40.4 Å². The summed E-state index contributed by atoms with van der Waals surface area (Å²) in [7, 11) is 3.39. The van der Waals surface area contributed by atoms with Crippen molar-refractivity contribution in [3.8, 4) is 5.69 Å². The lowest BCUT2D eigenvalue weighted by Gasteiger charge is -2.13. The van der Waals surface area contributed by atoms with Crippen molar-refractivity contribution in [2.24, 2.45) is 0 Å². The Labute approximate surface area is 184 Å². The van der Waals surface area contributed by atoms with E-state index in [0.29, 0.717) is 15.7 Å². The number of thioether (sulfide) groups is 2. The van der Waals surface area contributed by atoms with Gasteiger partial charge in [-0.3, -0.25) is 14.2 Å². The number of hydrogen-bond acceptors (Lipinski definition) is 6. The lowest BCUT2D eigenvalue weighted by molar-refractivity contribution is -0.113. The van der Waals surface area contributed by atoms with E-state index in [-0.39, 0.29) is 16.9 Å². The molecule has 2 aromatic carbocycles. The van der Waals surface area contributed by atoms with Crippen molar-refractivity contribution in [2.75, 3.05) is 25.2 Å². The Bertz CT molecular complexity index is 1040. The number of aryl methyl sites for hydroxylation is 1. The van der Waals surface area contributed by atoms with E-state index in [9.17, 15) is 9.59 Å². The van der Waals surface area contributed by atoms with Gasteiger partial charge in [-0.25, -0.2) is 0 Å². The highest BCUT2D eigenvalue weighted by Crippen LogP contribution is 2.29. The number of anilines is 1. The number of rotatable bonds is 7. The molecule has 0 fully saturated rings. The SMILES string of the molecule is CCc1ccccc1-n1cnnc1SCC(=O)Nc1ccccc1SC(=O)N(C)C. The summed E-state index contributed by atoms with van der Waals surface area (Å²) in [4.78, 5) is 26.8. The number of para-hydroxylation sites is 2. The van der Waals surface area contributed by atoms with E-state index in [1.54, 1.807) is 26.5 Å². The maximum Gasteiger partial charge on any atom is 0.286 e. The van der Waals surface area contributed by atoms with Crippen molar-refractivity contribution < 1.29 is 9.59 Å². The third-order valence-electron chi connectivity index (χ3n) is 4.20. The van der Waals surface area contributed by atoms with Crippen LogP contribution in [0.15, 0.2) is 64.9 Å². The molecule has 156 valence electrons. The van der Waals surface area contributed by atoms with Crippen LogP contribution in [-0.4, -0.2) is 50.7 Å². The van der Waals surface area contributed by atoms with Crippen molar-refractivity contribution in [2.45, 2.75) is 23.4 Å². The van der Waals surface area contributed by atoms with Gasteiger partial charge in [0.2, 0.25) is 5.91 Å². The molecule has 0 atom stereocenters. The van der Waals surface area contributed by atoms with E-state index >= 15 is 0 Å². The van der Waals surface area contributed by atoms with Gasteiger partial charge in [0.25, 0.3) is 5.24 Å². The minimum atomic E-state index is -0.177. The zero-order chi connectivity index (χ0) is 21.5. The predicted octanol–water partition coefficient (Wildman–Crippen LogP) is 4.33. The lowest BCUT2D eigenvalue weighted by Crippen LogP contribution is -2.18. The summed E-state index contributed by atoms with van der Waals surface area (Å²) in [5.74, 6) is -0.00293. The van der Waals surface area contributed by atoms with Gasteiger partial charge in [0.05, 0.1) is 17.1 Å². The van der Waals surface area contributed by atoms with E-state index in [4.69, 9.17) is 0 Å². The standard InChI is InChI=1S/C21H23N5O2S2/c1-4-15-9-5-7-11-17(15)26-14-22-24-20(26)29-13-19(27)23-16-10-6-8-12-18(16)30-21(28)25(2)3/h5-12,14H,4,13H2,1-3H3,(H,23,27). The largest absolute Gasteiger partial charge is 0.339 e. The molecule has 0 spiro atoms. The summed E-state index contributed by atoms with van der Waals surface area (Å²) in [6, 6.07) is 15.3. The second kappa shape index (κ2) is 10.3. The van der Waals surface area contributed by atoms with E-state index in [2.05, 4.69) is 28.5 Å². The molecule has 1 aromatic heterocycles. The zero-order valence-corrected chi connectivity index (χ0v) is 18.7. The first-order chi connectivity index (χ1) is 14.5. The summed E-state index contributed by atoms with van der Waals surface area (Å²) in [5.41, 5.74) is 2.80. The Morgan fingerprint density at radius 1 is 1.10 bits per heavy atom. The summed E-state index contributed by atoms with van der Waals surface area (Å²) < 4.78 is 1.90. The van der Waals surface area contributed by atoms with Crippen LogP contribution >= 0.6 is 23.5 Å². The van der Waals surface area contributed by atoms with Crippen LogP contribution in [0.1, 0.15) is 12.5 Å². The normalized spacial score (nSPS) is 10.6. The molecule has 7 nitrogen and oxygen atoms in total. The molecule has 2 amide bonds. The number of carbonyl (C=O) groups is 2. The summed E-state index contributed by atoms with van der Waals surface area (Å²) in [6.45, 7) is 2.10. The first kappa shape index (κ1) is 21.9. The Balaban J connectivity index is 1.67. The first-order valence-corrected chi connectivity index (χ1v) is 11.2. The average Bonchev–Trinajstić information content (AvgIpc) is 3.22. The number of hydrogen-bond donors (Lipinski definition) is 1. The maximum atomic E-state index is 12.6. The zero-order valence-electron chi connectivity index (χ0n) is 17.0. The molecule has 1 N–H and O–H groups in total. The predicted molar refractivity (Wildman–Crippen MR) is 121 cm³/mol. The molecule has 0 radical (unpaired) electrons. The Kier molecular flexibility index (Phi) is 7.53. The van der Waals surface area contributed by atoms with Crippen LogP contribution in [-0.2, 0) is 11.2 Å². The smallest absolute Gasteiger partial charge is 0.286 e. The number of benzene rings is 2. The molecule has 0 saturated carbocycles. The number of nitrogens with one attached hydrogen (secondary N) is 1. The Morgan fingerprint density at radius 2 is 1.83 bits per heavy atom. The highest BCUT2D eigenvalue weighted by Gasteiger charge is 2.15. The molecule has 0 aliphatic rings. The second-order valence-electron chi connectivity index (χ2n) is 6.56. The van der Waals surface area contributed by atoms with Gasteiger partial charge in [-0.05, 0) is 41.9 Å². The quantitative estimate of drug-likeness (QED) is 0.550.